The van der Waals surface area contributed by atoms with Gasteiger partial charge in [0.1, 0.15) is 5.75 Å². The summed E-state index contributed by atoms with van der Waals surface area (Å²) < 4.78 is 5.46. The third-order valence-electron chi connectivity index (χ3n) is 4.47. The summed E-state index contributed by atoms with van der Waals surface area (Å²) in [5.41, 5.74) is 3.23. The van der Waals surface area contributed by atoms with Crippen LogP contribution in [0.1, 0.15) is 38.8 Å². The van der Waals surface area contributed by atoms with E-state index >= 15 is 0 Å². The predicted octanol–water partition coefficient (Wildman–Crippen LogP) is 3.84. The molecule has 5 heteroatoms. The Bertz CT molecular complexity index is 790. The van der Waals surface area contributed by atoms with Gasteiger partial charge in [-0.15, -0.1) is 0 Å². The van der Waals surface area contributed by atoms with E-state index < -0.39 is 0 Å². The fraction of sp³-hybridized carbons (Fsp3) is 0.391. The van der Waals surface area contributed by atoms with Crippen molar-refractivity contribution in [3.8, 4) is 5.75 Å². The molecule has 2 amide bonds. The minimum atomic E-state index is -0.216. The summed E-state index contributed by atoms with van der Waals surface area (Å²) in [5.74, 6) is 0.380. The number of nitrogens with zero attached hydrogens (tertiary/aromatic N) is 1. The molecular formula is C23H30N2O3. The highest BCUT2D eigenvalue weighted by Gasteiger charge is 2.16. The average Bonchev–Trinajstić information content (AvgIpc) is 2.64. The molecule has 0 unspecified atom stereocenters. The topological polar surface area (TPSA) is 58.6 Å². The van der Waals surface area contributed by atoms with E-state index in [1.54, 1.807) is 4.90 Å². The molecule has 2 rings (SSSR count). The smallest absolute Gasteiger partial charge is 0.258 e. The zero-order chi connectivity index (χ0) is 20.7. The molecule has 0 aliphatic heterocycles. The third kappa shape index (κ3) is 6.41. The van der Waals surface area contributed by atoms with Gasteiger partial charge in [0.05, 0.1) is 0 Å². The second kappa shape index (κ2) is 9.40. The lowest BCUT2D eigenvalue weighted by atomic mass is 9.87. The van der Waals surface area contributed by atoms with Gasteiger partial charge in [0, 0.05) is 25.7 Å². The van der Waals surface area contributed by atoms with E-state index in [0.717, 1.165) is 11.3 Å². The molecule has 28 heavy (non-hydrogen) atoms. The largest absolute Gasteiger partial charge is 0.484 e. The fourth-order valence-electron chi connectivity index (χ4n) is 2.75. The number of carbonyl (C=O) groups excluding carboxylic acids is 2. The van der Waals surface area contributed by atoms with Gasteiger partial charge >= 0.3 is 0 Å². The molecule has 5 nitrogen and oxygen atoms in total. The SMILES string of the molecule is CC(=O)N(CCNC(=O)COc1ccc(C)cc1)c1ccc(C(C)(C)C)cc1. The van der Waals surface area contributed by atoms with Crippen molar-refractivity contribution < 1.29 is 14.3 Å². The summed E-state index contributed by atoms with van der Waals surface area (Å²) in [7, 11) is 0. The maximum atomic E-state index is 12.0. The molecule has 1 N–H and O–H groups in total. The summed E-state index contributed by atoms with van der Waals surface area (Å²) in [4.78, 5) is 25.7. The number of benzene rings is 2. The van der Waals surface area contributed by atoms with Crippen LogP contribution in [0, 0.1) is 6.92 Å². The predicted molar refractivity (Wildman–Crippen MR) is 113 cm³/mol. The van der Waals surface area contributed by atoms with Gasteiger partial charge in [0.15, 0.2) is 6.61 Å². The second-order valence-electron chi connectivity index (χ2n) is 7.92. The van der Waals surface area contributed by atoms with Crippen LogP contribution in [-0.4, -0.2) is 31.5 Å². The first-order valence-corrected chi connectivity index (χ1v) is 9.51. The minimum Gasteiger partial charge on any atom is -0.484 e. The van der Waals surface area contributed by atoms with Crippen LogP contribution in [0.3, 0.4) is 0 Å². The van der Waals surface area contributed by atoms with E-state index in [2.05, 4.69) is 26.1 Å². The van der Waals surface area contributed by atoms with Gasteiger partial charge in [-0.3, -0.25) is 9.59 Å². The maximum absolute atomic E-state index is 12.0. The van der Waals surface area contributed by atoms with Crippen molar-refractivity contribution >= 4 is 17.5 Å². The lowest BCUT2D eigenvalue weighted by Gasteiger charge is -2.24. The molecule has 0 aromatic heterocycles. The first-order chi connectivity index (χ1) is 13.2. The summed E-state index contributed by atoms with van der Waals surface area (Å²) in [6.45, 7) is 10.7. The van der Waals surface area contributed by atoms with Crippen molar-refractivity contribution in [2.75, 3.05) is 24.6 Å². The Kier molecular flexibility index (Phi) is 7.21. The van der Waals surface area contributed by atoms with Crippen LogP contribution >= 0.6 is 0 Å². The van der Waals surface area contributed by atoms with Gasteiger partial charge in [-0.2, -0.15) is 0 Å². The van der Waals surface area contributed by atoms with Crippen LogP contribution in [0.4, 0.5) is 5.69 Å². The number of hydrogen-bond donors (Lipinski definition) is 1. The molecule has 0 spiro atoms. The number of hydrogen-bond acceptors (Lipinski definition) is 3. The number of aryl methyl sites for hydroxylation is 1. The fourth-order valence-corrected chi connectivity index (χ4v) is 2.75. The highest BCUT2D eigenvalue weighted by molar-refractivity contribution is 5.91. The van der Waals surface area contributed by atoms with E-state index in [0.29, 0.717) is 18.8 Å². The molecule has 0 saturated carbocycles. The highest BCUT2D eigenvalue weighted by atomic mass is 16.5. The van der Waals surface area contributed by atoms with Gasteiger partial charge in [0.2, 0.25) is 5.91 Å². The second-order valence-corrected chi connectivity index (χ2v) is 7.92. The Labute approximate surface area is 167 Å². The quantitative estimate of drug-likeness (QED) is 0.791. The van der Waals surface area contributed by atoms with Crippen LogP contribution in [0.2, 0.25) is 0 Å². The van der Waals surface area contributed by atoms with E-state index in [-0.39, 0.29) is 23.8 Å². The molecule has 2 aromatic carbocycles. The van der Waals surface area contributed by atoms with Crippen molar-refractivity contribution in [3.63, 3.8) is 0 Å². The molecule has 0 heterocycles. The minimum absolute atomic E-state index is 0.0522. The summed E-state index contributed by atoms with van der Waals surface area (Å²) in [6.07, 6.45) is 0. The van der Waals surface area contributed by atoms with E-state index in [9.17, 15) is 9.59 Å². The molecule has 0 aliphatic carbocycles. The molecule has 0 aliphatic rings. The Balaban J connectivity index is 1.85. The first-order valence-electron chi connectivity index (χ1n) is 9.51. The summed E-state index contributed by atoms with van der Waals surface area (Å²) in [5, 5.41) is 2.80. The molecular weight excluding hydrogens is 352 g/mol. The molecule has 0 saturated heterocycles. The summed E-state index contributed by atoms with van der Waals surface area (Å²) >= 11 is 0. The van der Waals surface area contributed by atoms with Crippen molar-refractivity contribution in [3.05, 3.63) is 59.7 Å². The van der Waals surface area contributed by atoms with Gasteiger partial charge < -0.3 is 15.0 Å². The number of amides is 2. The zero-order valence-electron chi connectivity index (χ0n) is 17.4. The Morgan fingerprint density at radius 2 is 1.61 bits per heavy atom. The molecule has 2 aromatic rings. The normalized spacial score (nSPS) is 11.0. The maximum Gasteiger partial charge on any atom is 0.258 e. The number of ether oxygens (including phenoxy) is 1. The van der Waals surface area contributed by atoms with E-state index in [4.69, 9.17) is 4.74 Å². The third-order valence-corrected chi connectivity index (χ3v) is 4.47. The number of nitrogens with one attached hydrogen (secondary N) is 1. The van der Waals surface area contributed by atoms with Gasteiger partial charge in [-0.05, 0) is 42.2 Å². The van der Waals surface area contributed by atoms with Crippen LogP contribution in [-0.2, 0) is 15.0 Å². The van der Waals surface area contributed by atoms with Crippen molar-refractivity contribution in [1.82, 2.24) is 5.32 Å². The Hall–Kier alpha value is -2.82. The van der Waals surface area contributed by atoms with Gasteiger partial charge in [-0.25, -0.2) is 0 Å². The first kappa shape index (κ1) is 21.5. The van der Waals surface area contributed by atoms with E-state index in [1.807, 2.05) is 55.5 Å². The van der Waals surface area contributed by atoms with Crippen molar-refractivity contribution in [2.24, 2.45) is 0 Å². The van der Waals surface area contributed by atoms with Crippen molar-refractivity contribution in [2.45, 2.75) is 40.0 Å². The lowest BCUT2D eigenvalue weighted by molar-refractivity contribution is -0.123. The molecule has 150 valence electrons. The van der Waals surface area contributed by atoms with E-state index in [1.165, 1.54) is 12.5 Å². The average molecular weight is 383 g/mol. The summed E-state index contributed by atoms with van der Waals surface area (Å²) in [6, 6.07) is 15.5. The standard InChI is InChI=1S/C23H30N2O3/c1-17-6-12-21(13-7-17)28-16-22(27)24-14-15-25(18(2)26)20-10-8-19(9-11-20)23(3,4)5/h6-13H,14-16H2,1-5H3,(H,24,27). The van der Waals surface area contributed by atoms with Gasteiger partial charge in [0.25, 0.3) is 5.91 Å². The molecule has 0 atom stereocenters. The molecule has 0 fully saturated rings. The van der Waals surface area contributed by atoms with Crippen LogP contribution in [0.25, 0.3) is 0 Å². The Morgan fingerprint density at radius 3 is 2.14 bits per heavy atom. The van der Waals surface area contributed by atoms with Crippen LogP contribution in [0.5, 0.6) is 5.75 Å². The zero-order valence-corrected chi connectivity index (χ0v) is 17.4. The molecule has 0 bridgehead atoms. The van der Waals surface area contributed by atoms with Gasteiger partial charge in [-0.1, -0.05) is 50.6 Å². The van der Waals surface area contributed by atoms with Crippen LogP contribution in [0.15, 0.2) is 48.5 Å². The number of anilines is 1. The Morgan fingerprint density at radius 1 is 1.00 bits per heavy atom. The monoisotopic (exact) mass is 382 g/mol. The van der Waals surface area contributed by atoms with Crippen molar-refractivity contribution in [1.29, 1.82) is 0 Å². The number of rotatable bonds is 7. The van der Waals surface area contributed by atoms with Crippen LogP contribution < -0.4 is 15.0 Å². The molecule has 0 radical (unpaired) electrons. The lowest BCUT2D eigenvalue weighted by Crippen LogP contribution is -2.39. The highest BCUT2D eigenvalue weighted by Crippen LogP contribution is 2.25. The number of carbonyl (C=O) groups is 2.